The molecule has 19 heavy (non-hydrogen) atoms. The average Bonchev–Trinajstić information content (AvgIpc) is 3.04. The Balaban J connectivity index is 1.82. The first-order valence-electron chi connectivity index (χ1n) is 7.27. The summed E-state index contributed by atoms with van der Waals surface area (Å²) in [5.41, 5.74) is 1.02. The van der Waals surface area contributed by atoms with Crippen LogP contribution in [0.1, 0.15) is 37.8 Å². The lowest BCUT2D eigenvalue weighted by Crippen LogP contribution is -2.43. The van der Waals surface area contributed by atoms with Crippen LogP contribution < -0.4 is 4.90 Å². The van der Waals surface area contributed by atoms with Crippen molar-refractivity contribution in [3.05, 3.63) is 18.1 Å². The van der Waals surface area contributed by atoms with Gasteiger partial charge < -0.3 is 4.90 Å². The Morgan fingerprint density at radius 3 is 3.05 bits per heavy atom. The standard InChI is InChI=1S/C14H19N5/c1-10-8-13(19-14(17-10)15-9-16-19)18-7-3-5-11-4-2-6-12(11)18/h8-9,11-12H,2-7H2,1H3/t11-,12-/m0/s1. The summed E-state index contributed by atoms with van der Waals surface area (Å²) in [5, 5.41) is 4.35. The van der Waals surface area contributed by atoms with E-state index < -0.39 is 0 Å². The highest BCUT2D eigenvalue weighted by molar-refractivity contribution is 5.48. The average molecular weight is 257 g/mol. The van der Waals surface area contributed by atoms with E-state index in [1.165, 1.54) is 37.9 Å². The van der Waals surface area contributed by atoms with Crippen LogP contribution in [0.2, 0.25) is 0 Å². The molecule has 5 heteroatoms. The fourth-order valence-electron chi connectivity index (χ4n) is 3.85. The maximum absolute atomic E-state index is 4.44. The zero-order chi connectivity index (χ0) is 12.8. The van der Waals surface area contributed by atoms with E-state index in [4.69, 9.17) is 0 Å². The predicted molar refractivity (Wildman–Crippen MR) is 73.2 cm³/mol. The number of piperidine rings is 1. The largest absolute Gasteiger partial charge is 0.353 e. The minimum atomic E-state index is 0.697. The lowest BCUT2D eigenvalue weighted by atomic mass is 9.92. The zero-order valence-corrected chi connectivity index (χ0v) is 11.3. The third-order valence-corrected chi connectivity index (χ3v) is 4.65. The molecule has 100 valence electrons. The third-order valence-electron chi connectivity index (χ3n) is 4.65. The van der Waals surface area contributed by atoms with Crippen molar-refractivity contribution < 1.29 is 0 Å². The summed E-state index contributed by atoms with van der Waals surface area (Å²) in [6.45, 7) is 3.17. The normalized spacial score (nSPS) is 26.9. The van der Waals surface area contributed by atoms with Crippen molar-refractivity contribution in [1.29, 1.82) is 0 Å². The number of rotatable bonds is 1. The Hall–Kier alpha value is -1.65. The summed E-state index contributed by atoms with van der Waals surface area (Å²) >= 11 is 0. The van der Waals surface area contributed by atoms with Gasteiger partial charge in [-0.05, 0) is 38.5 Å². The molecule has 1 aliphatic heterocycles. The molecule has 0 aromatic carbocycles. The lowest BCUT2D eigenvalue weighted by molar-refractivity contribution is 0.359. The van der Waals surface area contributed by atoms with Crippen LogP contribution in [0.5, 0.6) is 0 Å². The molecule has 1 saturated carbocycles. The number of aromatic nitrogens is 4. The van der Waals surface area contributed by atoms with E-state index in [9.17, 15) is 0 Å². The van der Waals surface area contributed by atoms with E-state index in [-0.39, 0.29) is 0 Å². The molecule has 0 unspecified atom stereocenters. The van der Waals surface area contributed by atoms with Gasteiger partial charge in [0.05, 0.1) is 0 Å². The Morgan fingerprint density at radius 1 is 1.21 bits per heavy atom. The Labute approximate surface area is 112 Å². The van der Waals surface area contributed by atoms with E-state index >= 15 is 0 Å². The maximum atomic E-state index is 4.44. The van der Waals surface area contributed by atoms with Crippen LogP contribution in [-0.2, 0) is 0 Å². The van der Waals surface area contributed by atoms with Crippen LogP contribution in [0, 0.1) is 12.8 Å². The molecule has 5 nitrogen and oxygen atoms in total. The van der Waals surface area contributed by atoms with Gasteiger partial charge in [0, 0.05) is 24.3 Å². The van der Waals surface area contributed by atoms with E-state index in [0.29, 0.717) is 6.04 Å². The topological polar surface area (TPSA) is 46.3 Å². The summed E-state index contributed by atoms with van der Waals surface area (Å²) in [7, 11) is 0. The van der Waals surface area contributed by atoms with Gasteiger partial charge >= 0.3 is 0 Å². The van der Waals surface area contributed by atoms with Gasteiger partial charge in [-0.3, -0.25) is 0 Å². The summed E-state index contributed by atoms with van der Waals surface area (Å²) in [6.07, 6.45) is 8.37. The molecule has 2 aliphatic rings. The van der Waals surface area contributed by atoms with Crippen LogP contribution >= 0.6 is 0 Å². The number of hydrogen-bond donors (Lipinski definition) is 0. The Bertz CT molecular complexity index is 605. The second-order valence-electron chi connectivity index (χ2n) is 5.82. The minimum absolute atomic E-state index is 0.697. The fourth-order valence-corrected chi connectivity index (χ4v) is 3.85. The number of aryl methyl sites for hydroxylation is 1. The summed E-state index contributed by atoms with van der Waals surface area (Å²) in [5.74, 6) is 2.77. The fraction of sp³-hybridized carbons (Fsp3) is 0.643. The van der Waals surface area contributed by atoms with E-state index in [1.54, 1.807) is 6.33 Å². The SMILES string of the molecule is Cc1cc(N2CCC[C@@H]3CCC[C@@H]32)n2ncnc2n1. The smallest absolute Gasteiger partial charge is 0.254 e. The summed E-state index contributed by atoms with van der Waals surface area (Å²) in [4.78, 5) is 11.2. The molecular weight excluding hydrogens is 238 g/mol. The van der Waals surface area contributed by atoms with Gasteiger partial charge in [0.1, 0.15) is 12.1 Å². The van der Waals surface area contributed by atoms with E-state index in [1.807, 2.05) is 11.4 Å². The first kappa shape index (κ1) is 11.2. The molecule has 3 heterocycles. The molecule has 1 saturated heterocycles. The molecule has 0 amide bonds. The molecule has 2 atom stereocenters. The number of nitrogens with zero attached hydrogens (tertiary/aromatic N) is 5. The highest BCUT2D eigenvalue weighted by atomic mass is 15.4. The van der Waals surface area contributed by atoms with Gasteiger partial charge in [0.2, 0.25) is 0 Å². The molecule has 1 aliphatic carbocycles. The molecule has 0 N–H and O–H groups in total. The number of fused-ring (bicyclic) bond motifs is 2. The molecule has 0 bridgehead atoms. The van der Waals surface area contributed by atoms with Crippen molar-refractivity contribution in [2.24, 2.45) is 5.92 Å². The maximum Gasteiger partial charge on any atom is 0.254 e. The van der Waals surface area contributed by atoms with Crippen LogP contribution in [-0.4, -0.2) is 32.2 Å². The van der Waals surface area contributed by atoms with Crippen LogP contribution in [0.15, 0.2) is 12.4 Å². The number of hydrogen-bond acceptors (Lipinski definition) is 4. The van der Waals surface area contributed by atoms with Gasteiger partial charge in [0.15, 0.2) is 0 Å². The highest BCUT2D eigenvalue weighted by Gasteiger charge is 2.36. The second-order valence-corrected chi connectivity index (χ2v) is 5.82. The molecular formula is C14H19N5. The first-order chi connectivity index (χ1) is 9.33. The van der Waals surface area contributed by atoms with E-state index in [2.05, 4.69) is 26.0 Å². The van der Waals surface area contributed by atoms with Gasteiger partial charge in [-0.2, -0.15) is 14.6 Å². The molecule has 2 aromatic heterocycles. The predicted octanol–water partition coefficient (Wildman–Crippen LogP) is 2.20. The lowest BCUT2D eigenvalue weighted by Gasteiger charge is -2.39. The zero-order valence-electron chi connectivity index (χ0n) is 11.3. The Kier molecular flexibility index (Phi) is 2.47. The molecule has 4 rings (SSSR count). The molecule has 2 fully saturated rings. The highest BCUT2D eigenvalue weighted by Crippen LogP contribution is 2.39. The summed E-state index contributed by atoms with van der Waals surface area (Å²) < 4.78 is 1.90. The Morgan fingerprint density at radius 2 is 2.11 bits per heavy atom. The van der Waals surface area contributed by atoms with Gasteiger partial charge in [-0.25, -0.2) is 4.98 Å². The van der Waals surface area contributed by atoms with Crippen LogP contribution in [0.4, 0.5) is 5.82 Å². The van der Waals surface area contributed by atoms with Crippen molar-refractivity contribution in [1.82, 2.24) is 19.6 Å². The third kappa shape index (κ3) is 1.71. The van der Waals surface area contributed by atoms with Gasteiger partial charge in [-0.15, -0.1) is 0 Å². The molecule has 0 radical (unpaired) electrons. The summed E-state index contributed by atoms with van der Waals surface area (Å²) in [6, 6.07) is 2.85. The first-order valence-corrected chi connectivity index (χ1v) is 7.27. The van der Waals surface area contributed by atoms with Gasteiger partial charge in [0.25, 0.3) is 5.78 Å². The minimum Gasteiger partial charge on any atom is -0.353 e. The molecule has 0 spiro atoms. The van der Waals surface area contributed by atoms with Crippen molar-refractivity contribution >= 4 is 11.6 Å². The quantitative estimate of drug-likeness (QED) is 0.785. The van der Waals surface area contributed by atoms with Crippen molar-refractivity contribution in [2.45, 2.75) is 45.1 Å². The van der Waals surface area contributed by atoms with Crippen molar-refractivity contribution in [3.63, 3.8) is 0 Å². The van der Waals surface area contributed by atoms with Gasteiger partial charge in [-0.1, -0.05) is 6.42 Å². The monoisotopic (exact) mass is 257 g/mol. The molecule has 2 aromatic rings. The van der Waals surface area contributed by atoms with Crippen molar-refractivity contribution in [2.75, 3.05) is 11.4 Å². The van der Waals surface area contributed by atoms with Crippen LogP contribution in [0.25, 0.3) is 5.78 Å². The van der Waals surface area contributed by atoms with E-state index in [0.717, 1.165) is 23.9 Å². The van der Waals surface area contributed by atoms with Crippen LogP contribution in [0.3, 0.4) is 0 Å². The number of anilines is 1. The second kappa shape index (κ2) is 4.18. The van der Waals surface area contributed by atoms with Crippen molar-refractivity contribution in [3.8, 4) is 0 Å².